The van der Waals surface area contributed by atoms with Gasteiger partial charge in [-0.2, -0.15) is 0 Å². The molecule has 0 unspecified atom stereocenters. The van der Waals surface area contributed by atoms with E-state index in [1.54, 1.807) is 11.0 Å². The number of hydrogen-bond donors (Lipinski definition) is 1. The van der Waals surface area contributed by atoms with Crippen LogP contribution in [0, 0.1) is 6.92 Å². The summed E-state index contributed by atoms with van der Waals surface area (Å²) in [4.78, 5) is 26.2. The van der Waals surface area contributed by atoms with Crippen LogP contribution in [0.15, 0.2) is 39.2 Å². The van der Waals surface area contributed by atoms with Crippen molar-refractivity contribution in [1.82, 2.24) is 15.4 Å². The van der Waals surface area contributed by atoms with Crippen molar-refractivity contribution in [2.45, 2.75) is 43.5 Å². The van der Waals surface area contributed by atoms with Crippen molar-refractivity contribution in [3.05, 3.63) is 35.9 Å². The normalized spacial score (nSPS) is 13.3. The number of nitrogens with zero attached hydrogens (tertiary/aromatic N) is 4. The van der Waals surface area contributed by atoms with Crippen molar-refractivity contribution in [3.63, 3.8) is 0 Å². The molecule has 1 aromatic carbocycles. The third kappa shape index (κ3) is 4.88. The summed E-state index contributed by atoms with van der Waals surface area (Å²) in [6.07, 6.45) is 2.43. The zero-order chi connectivity index (χ0) is 21.1. The minimum Gasteiger partial charge on any atom is -0.338 e. The van der Waals surface area contributed by atoms with Gasteiger partial charge in [0.1, 0.15) is 5.69 Å². The molecule has 1 aliphatic carbocycles. The highest BCUT2D eigenvalue weighted by Crippen LogP contribution is 2.36. The van der Waals surface area contributed by atoms with E-state index in [1.807, 2.05) is 38.1 Å². The number of thioether (sulfide) groups is 1. The van der Waals surface area contributed by atoms with Crippen molar-refractivity contribution in [2.75, 3.05) is 16.0 Å². The molecule has 2 heterocycles. The number of rotatable bonds is 8. The van der Waals surface area contributed by atoms with Gasteiger partial charge in [0.15, 0.2) is 4.34 Å². The number of carbonyl (C=O) groups excluding carboxylic acids is 2. The highest BCUT2D eigenvalue weighted by Gasteiger charge is 2.35. The van der Waals surface area contributed by atoms with Crippen LogP contribution < -0.4 is 10.2 Å². The summed E-state index contributed by atoms with van der Waals surface area (Å²) in [7, 11) is 0. The van der Waals surface area contributed by atoms with Crippen molar-refractivity contribution in [1.29, 1.82) is 0 Å². The van der Waals surface area contributed by atoms with Gasteiger partial charge < -0.3 is 4.52 Å². The Hall–Kier alpha value is -2.72. The van der Waals surface area contributed by atoms with Gasteiger partial charge in [0.25, 0.3) is 0 Å². The average molecular weight is 444 g/mol. The fourth-order valence-electron chi connectivity index (χ4n) is 2.82. The van der Waals surface area contributed by atoms with Crippen molar-refractivity contribution in [3.8, 4) is 11.3 Å². The smallest absolute Gasteiger partial charge is 0.237 e. The number of anilines is 2. The molecule has 0 saturated heterocycles. The molecule has 10 heteroatoms. The fourth-order valence-corrected chi connectivity index (χ4v) is 4.55. The van der Waals surface area contributed by atoms with Gasteiger partial charge in [0, 0.05) is 24.1 Å². The van der Waals surface area contributed by atoms with Crippen LogP contribution in [-0.2, 0) is 9.59 Å². The van der Waals surface area contributed by atoms with E-state index in [1.165, 1.54) is 23.1 Å². The lowest BCUT2D eigenvalue weighted by molar-refractivity contribution is -0.118. The first kappa shape index (κ1) is 20.5. The number of hydrogen-bond acceptors (Lipinski definition) is 8. The Bertz CT molecular complexity index is 1040. The van der Waals surface area contributed by atoms with E-state index in [0.717, 1.165) is 24.0 Å². The first-order valence-electron chi connectivity index (χ1n) is 9.65. The molecule has 1 saturated carbocycles. The van der Waals surface area contributed by atoms with Crippen molar-refractivity contribution >= 4 is 45.9 Å². The molecular formula is C20H21N5O3S2. The standard InChI is InChI=1S/C20H21N5O3S2/c1-3-18(27)25(14-8-9-14)19-22-23-20(30-19)29-11-16(26)21-17-10-15(24-28-17)13-6-4-12(2)5-7-13/h4-7,10,14H,3,8-9,11H2,1-2H3,(H,21,26). The van der Waals surface area contributed by atoms with Gasteiger partial charge in [0.05, 0.1) is 5.75 Å². The number of benzene rings is 1. The highest BCUT2D eigenvalue weighted by molar-refractivity contribution is 8.01. The summed E-state index contributed by atoms with van der Waals surface area (Å²) < 4.78 is 5.86. The second-order valence-electron chi connectivity index (χ2n) is 6.98. The summed E-state index contributed by atoms with van der Waals surface area (Å²) in [5.74, 6) is 0.271. The third-order valence-electron chi connectivity index (χ3n) is 4.53. The minimum absolute atomic E-state index is 0.0534. The zero-order valence-electron chi connectivity index (χ0n) is 16.6. The summed E-state index contributed by atoms with van der Waals surface area (Å²) in [6, 6.07) is 9.83. The Morgan fingerprint density at radius 1 is 1.27 bits per heavy atom. The zero-order valence-corrected chi connectivity index (χ0v) is 18.3. The quantitative estimate of drug-likeness (QED) is 0.412. The van der Waals surface area contributed by atoms with Crippen LogP contribution >= 0.6 is 23.1 Å². The molecule has 1 aliphatic rings. The van der Waals surface area contributed by atoms with E-state index in [4.69, 9.17) is 4.52 Å². The van der Waals surface area contributed by atoms with E-state index in [9.17, 15) is 9.59 Å². The van der Waals surface area contributed by atoms with Crippen LogP contribution in [-0.4, -0.2) is 39.0 Å². The minimum atomic E-state index is -0.230. The lowest BCUT2D eigenvalue weighted by Gasteiger charge is -2.17. The molecule has 0 aliphatic heterocycles. The third-order valence-corrected chi connectivity index (χ3v) is 6.59. The van der Waals surface area contributed by atoms with Gasteiger partial charge in [-0.1, -0.05) is 65.0 Å². The fraction of sp³-hybridized carbons (Fsp3) is 0.350. The predicted octanol–water partition coefficient (Wildman–Crippen LogP) is 4.14. The number of nitrogens with one attached hydrogen (secondary N) is 1. The Kier molecular flexibility index (Phi) is 6.14. The summed E-state index contributed by atoms with van der Waals surface area (Å²) in [6.45, 7) is 3.86. The van der Waals surface area contributed by atoms with Crippen LogP contribution in [0.4, 0.5) is 11.0 Å². The number of amides is 2. The number of aromatic nitrogens is 3. The lowest BCUT2D eigenvalue weighted by Crippen LogP contribution is -2.32. The van der Waals surface area contributed by atoms with E-state index >= 15 is 0 Å². The van der Waals surface area contributed by atoms with Crippen LogP contribution in [0.5, 0.6) is 0 Å². The maximum absolute atomic E-state index is 12.3. The summed E-state index contributed by atoms with van der Waals surface area (Å²) in [5, 5.41) is 15.6. The largest absolute Gasteiger partial charge is 0.338 e. The summed E-state index contributed by atoms with van der Waals surface area (Å²) >= 11 is 2.61. The molecule has 0 radical (unpaired) electrons. The first-order chi connectivity index (χ1) is 14.5. The molecule has 156 valence electrons. The molecule has 8 nitrogen and oxygen atoms in total. The Labute approximate surface area is 182 Å². The molecule has 0 bridgehead atoms. The lowest BCUT2D eigenvalue weighted by atomic mass is 10.1. The predicted molar refractivity (Wildman–Crippen MR) is 117 cm³/mol. The molecule has 2 amide bonds. The molecule has 4 rings (SSSR count). The molecule has 1 N–H and O–H groups in total. The topological polar surface area (TPSA) is 101 Å². The summed E-state index contributed by atoms with van der Waals surface area (Å²) in [5.41, 5.74) is 2.74. The van der Waals surface area contributed by atoms with Crippen LogP contribution in [0.1, 0.15) is 31.7 Å². The van der Waals surface area contributed by atoms with Crippen LogP contribution in [0.2, 0.25) is 0 Å². The van der Waals surface area contributed by atoms with E-state index in [-0.39, 0.29) is 23.6 Å². The van der Waals surface area contributed by atoms with Crippen LogP contribution in [0.25, 0.3) is 11.3 Å². The van der Waals surface area contributed by atoms with Gasteiger partial charge in [-0.25, -0.2) is 0 Å². The van der Waals surface area contributed by atoms with Gasteiger partial charge in [-0.3, -0.25) is 19.8 Å². The molecule has 2 aromatic heterocycles. The molecule has 0 spiro atoms. The molecule has 1 fully saturated rings. The molecular weight excluding hydrogens is 422 g/mol. The van der Waals surface area contributed by atoms with Gasteiger partial charge in [-0.15, -0.1) is 10.2 Å². The van der Waals surface area contributed by atoms with Gasteiger partial charge >= 0.3 is 0 Å². The molecule has 30 heavy (non-hydrogen) atoms. The van der Waals surface area contributed by atoms with E-state index in [0.29, 0.717) is 27.5 Å². The second-order valence-corrected chi connectivity index (χ2v) is 9.16. The highest BCUT2D eigenvalue weighted by atomic mass is 32.2. The van der Waals surface area contributed by atoms with Gasteiger partial charge in [0.2, 0.25) is 22.8 Å². The monoisotopic (exact) mass is 443 g/mol. The Morgan fingerprint density at radius 2 is 2.03 bits per heavy atom. The average Bonchev–Trinajstić information content (AvgIpc) is 3.27. The van der Waals surface area contributed by atoms with Crippen molar-refractivity contribution < 1.29 is 14.1 Å². The molecule has 3 aromatic rings. The SMILES string of the molecule is CCC(=O)N(c1nnc(SCC(=O)Nc2cc(-c3ccc(C)cc3)no2)s1)C1CC1. The number of carbonyl (C=O) groups is 2. The van der Waals surface area contributed by atoms with Gasteiger partial charge in [-0.05, 0) is 19.8 Å². The van der Waals surface area contributed by atoms with Crippen LogP contribution in [0.3, 0.4) is 0 Å². The first-order valence-corrected chi connectivity index (χ1v) is 11.5. The second kappa shape index (κ2) is 8.97. The van der Waals surface area contributed by atoms with Crippen molar-refractivity contribution in [2.24, 2.45) is 0 Å². The van der Waals surface area contributed by atoms with E-state index in [2.05, 4.69) is 20.7 Å². The maximum Gasteiger partial charge on any atom is 0.237 e. The van der Waals surface area contributed by atoms with E-state index < -0.39 is 0 Å². The Morgan fingerprint density at radius 3 is 2.73 bits per heavy atom. The Balaban J connectivity index is 1.32. The number of aryl methyl sites for hydroxylation is 1. The maximum atomic E-state index is 12.3. The molecule has 0 atom stereocenters.